The summed E-state index contributed by atoms with van der Waals surface area (Å²) < 4.78 is 33.5. The third-order valence-corrected chi connectivity index (χ3v) is 7.31. The minimum atomic E-state index is -4.05. The summed E-state index contributed by atoms with van der Waals surface area (Å²) in [6, 6.07) is 10.3. The lowest BCUT2D eigenvalue weighted by Crippen LogP contribution is -2.36. The number of ketones is 1. The van der Waals surface area contributed by atoms with Gasteiger partial charge < -0.3 is 4.74 Å². The van der Waals surface area contributed by atoms with Gasteiger partial charge in [-0.1, -0.05) is 48.0 Å². The zero-order valence-electron chi connectivity index (χ0n) is 17.5. The normalized spacial score (nSPS) is 18.7. The molecular weight excluding hydrogens is 402 g/mol. The highest BCUT2D eigenvalue weighted by atomic mass is 32.2. The van der Waals surface area contributed by atoms with Gasteiger partial charge in [-0.3, -0.25) is 9.59 Å². The first-order chi connectivity index (χ1) is 14.1. The Morgan fingerprint density at radius 2 is 1.63 bits per heavy atom. The number of carbonyl (C=O) groups is 2. The molecular formula is C23H25NO5S. The minimum absolute atomic E-state index is 0.0915. The zero-order chi connectivity index (χ0) is 22.2. The number of Topliss-reactive ketones (excluding diaryl/α,β-unsaturated/α-hetero) is 1. The van der Waals surface area contributed by atoms with Crippen LogP contribution < -0.4 is 0 Å². The van der Waals surface area contributed by atoms with Crippen molar-refractivity contribution in [2.45, 2.75) is 44.2 Å². The van der Waals surface area contributed by atoms with Gasteiger partial charge in [0.25, 0.3) is 0 Å². The summed E-state index contributed by atoms with van der Waals surface area (Å²) in [4.78, 5) is 24.5. The zero-order valence-corrected chi connectivity index (χ0v) is 18.3. The van der Waals surface area contributed by atoms with E-state index < -0.39 is 28.1 Å². The first-order valence-corrected chi connectivity index (χ1v) is 11.0. The van der Waals surface area contributed by atoms with Gasteiger partial charge in [0.05, 0.1) is 30.5 Å². The molecule has 3 rings (SSSR count). The van der Waals surface area contributed by atoms with Crippen LogP contribution in [0.15, 0.2) is 59.5 Å². The van der Waals surface area contributed by atoms with Gasteiger partial charge in [0.2, 0.25) is 10.0 Å². The number of carbonyl (C=O) groups excluding carboxylic acids is 2. The van der Waals surface area contributed by atoms with Crippen molar-refractivity contribution < 1.29 is 22.7 Å². The number of ether oxygens (including phenoxy) is 1. The summed E-state index contributed by atoms with van der Waals surface area (Å²) in [5.74, 6) is -0.847. The summed E-state index contributed by atoms with van der Waals surface area (Å²) in [5, 5.41) is 0. The van der Waals surface area contributed by atoms with Gasteiger partial charge in [0, 0.05) is 5.57 Å². The SMILES string of the molecule is C=C(C(C)=O)[C@H]1c2cc(C)ccc2[C@@H](CC(=O)OC)N1S(=O)(=O)c1ccc(C)cc1. The first kappa shape index (κ1) is 21.9. The van der Waals surface area contributed by atoms with Crippen LogP contribution in [0.1, 0.15) is 47.7 Å². The number of methoxy groups -OCH3 is 1. The van der Waals surface area contributed by atoms with Gasteiger partial charge in [-0.15, -0.1) is 0 Å². The van der Waals surface area contributed by atoms with E-state index in [1.165, 1.54) is 30.5 Å². The van der Waals surface area contributed by atoms with E-state index >= 15 is 0 Å². The van der Waals surface area contributed by atoms with Gasteiger partial charge in [-0.2, -0.15) is 4.31 Å². The van der Waals surface area contributed by atoms with Gasteiger partial charge in [-0.05, 0) is 44.0 Å². The second-order valence-corrected chi connectivity index (χ2v) is 9.40. The molecule has 2 aromatic rings. The van der Waals surface area contributed by atoms with Crippen molar-refractivity contribution in [2.24, 2.45) is 0 Å². The molecule has 0 N–H and O–H groups in total. The van der Waals surface area contributed by atoms with E-state index in [9.17, 15) is 18.0 Å². The monoisotopic (exact) mass is 427 g/mol. The maximum atomic E-state index is 13.7. The molecule has 2 aromatic carbocycles. The lowest BCUT2D eigenvalue weighted by Gasteiger charge is -2.30. The second-order valence-electron chi connectivity index (χ2n) is 7.56. The number of aryl methyl sites for hydroxylation is 2. The van der Waals surface area contributed by atoms with Crippen molar-refractivity contribution in [1.29, 1.82) is 0 Å². The molecule has 0 bridgehead atoms. The third-order valence-electron chi connectivity index (χ3n) is 5.42. The van der Waals surface area contributed by atoms with Crippen LogP contribution in [0.2, 0.25) is 0 Å². The molecule has 7 heteroatoms. The van der Waals surface area contributed by atoms with Crippen molar-refractivity contribution >= 4 is 21.8 Å². The first-order valence-electron chi connectivity index (χ1n) is 9.55. The molecule has 158 valence electrons. The molecule has 0 amide bonds. The highest BCUT2D eigenvalue weighted by Crippen LogP contribution is 2.50. The standard InChI is InChI=1S/C23H25NO5S/c1-14-6-9-18(10-7-14)30(27,28)24-21(13-22(26)29-5)19-11-8-15(2)12-20(19)23(24)16(3)17(4)25/h6-12,21,23H,3,13H2,1-2,4-5H3/t21-,23+/m1/s1. The quantitative estimate of drug-likeness (QED) is 0.517. The van der Waals surface area contributed by atoms with Crippen molar-refractivity contribution in [1.82, 2.24) is 4.31 Å². The van der Waals surface area contributed by atoms with Gasteiger partial charge in [-0.25, -0.2) is 8.42 Å². The van der Waals surface area contributed by atoms with Crippen LogP contribution >= 0.6 is 0 Å². The molecule has 6 nitrogen and oxygen atoms in total. The van der Waals surface area contributed by atoms with E-state index in [4.69, 9.17) is 4.74 Å². The lowest BCUT2D eigenvalue weighted by atomic mass is 9.94. The van der Waals surface area contributed by atoms with E-state index in [0.29, 0.717) is 11.1 Å². The Hall–Kier alpha value is -2.77. The highest BCUT2D eigenvalue weighted by molar-refractivity contribution is 7.89. The average Bonchev–Trinajstić information content (AvgIpc) is 3.01. The maximum absolute atomic E-state index is 13.7. The van der Waals surface area contributed by atoms with E-state index in [1.807, 2.05) is 32.0 Å². The Morgan fingerprint density at radius 3 is 2.20 bits per heavy atom. The number of sulfonamides is 1. The molecule has 0 unspecified atom stereocenters. The molecule has 1 aliphatic heterocycles. The predicted molar refractivity (Wildman–Crippen MR) is 113 cm³/mol. The van der Waals surface area contributed by atoms with Gasteiger partial charge in [0.1, 0.15) is 0 Å². The molecule has 2 atom stereocenters. The van der Waals surface area contributed by atoms with Crippen LogP contribution in [0.3, 0.4) is 0 Å². The summed E-state index contributed by atoms with van der Waals surface area (Å²) >= 11 is 0. The van der Waals surface area contributed by atoms with Crippen molar-refractivity contribution in [2.75, 3.05) is 7.11 Å². The third kappa shape index (κ3) is 3.82. The van der Waals surface area contributed by atoms with Crippen LogP contribution in [0.25, 0.3) is 0 Å². The van der Waals surface area contributed by atoms with Crippen molar-refractivity contribution in [3.05, 3.63) is 76.9 Å². The van der Waals surface area contributed by atoms with Gasteiger partial charge in [0.15, 0.2) is 5.78 Å². The van der Waals surface area contributed by atoms with Crippen molar-refractivity contribution in [3.8, 4) is 0 Å². The number of rotatable bonds is 6. The largest absolute Gasteiger partial charge is 0.469 e. The Kier molecular flexibility index (Phi) is 5.97. The van der Waals surface area contributed by atoms with Crippen LogP contribution in [0.5, 0.6) is 0 Å². The van der Waals surface area contributed by atoms with Crippen molar-refractivity contribution in [3.63, 3.8) is 0 Å². The van der Waals surface area contributed by atoms with Crippen LogP contribution in [0, 0.1) is 13.8 Å². The summed E-state index contributed by atoms with van der Waals surface area (Å²) in [6.45, 7) is 9.02. The molecule has 0 fully saturated rings. The Labute approximate surface area is 177 Å². The van der Waals surface area contributed by atoms with E-state index in [0.717, 1.165) is 11.1 Å². The average molecular weight is 428 g/mol. The fraction of sp³-hybridized carbons (Fsp3) is 0.304. The molecule has 1 aliphatic rings. The summed E-state index contributed by atoms with van der Waals surface area (Å²) in [5.41, 5.74) is 3.34. The van der Waals surface area contributed by atoms with Crippen LogP contribution in [-0.4, -0.2) is 31.6 Å². The Bertz CT molecular complexity index is 1120. The molecule has 0 radical (unpaired) electrons. The van der Waals surface area contributed by atoms with E-state index in [2.05, 4.69) is 6.58 Å². The Balaban J connectivity index is 2.26. The Morgan fingerprint density at radius 1 is 1.03 bits per heavy atom. The molecule has 1 heterocycles. The lowest BCUT2D eigenvalue weighted by molar-refractivity contribution is -0.141. The fourth-order valence-electron chi connectivity index (χ4n) is 3.80. The number of benzene rings is 2. The van der Waals surface area contributed by atoms with Gasteiger partial charge >= 0.3 is 5.97 Å². The maximum Gasteiger partial charge on any atom is 0.307 e. The fourth-order valence-corrected chi connectivity index (χ4v) is 5.57. The number of hydrogen-bond donors (Lipinski definition) is 0. The minimum Gasteiger partial charge on any atom is -0.469 e. The highest BCUT2D eigenvalue weighted by Gasteiger charge is 2.48. The topological polar surface area (TPSA) is 80.8 Å². The number of esters is 1. The van der Waals surface area contributed by atoms with Crippen LogP contribution in [-0.2, 0) is 24.3 Å². The van der Waals surface area contributed by atoms with Crippen LogP contribution in [0.4, 0.5) is 0 Å². The predicted octanol–water partition coefficient (Wildman–Crippen LogP) is 3.80. The molecule has 0 saturated carbocycles. The number of fused-ring (bicyclic) bond motifs is 1. The molecule has 0 aliphatic carbocycles. The number of hydrogen-bond acceptors (Lipinski definition) is 5. The van der Waals surface area contributed by atoms with E-state index in [-0.39, 0.29) is 22.7 Å². The molecule has 30 heavy (non-hydrogen) atoms. The smallest absolute Gasteiger partial charge is 0.307 e. The number of nitrogens with zero attached hydrogens (tertiary/aromatic N) is 1. The molecule has 0 saturated heterocycles. The molecule has 0 spiro atoms. The summed E-state index contributed by atoms with van der Waals surface area (Å²) in [6.07, 6.45) is -0.167. The summed E-state index contributed by atoms with van der Waals surface area (Å²) in [7, 11) is -2.79. The van der Waals surface area contributed by atoms with E-state index in [1.54, 1.807) is 12.1 Å². The second kappa shape index (κ2) is 8.16. The molecule has 0 aromatic heterocycles.